The predicted octanol–water partition coefficient (Wildman–Crippen LogP) is 0.776. The number of carbonyl (C=O) groups is 2. The third kappa shape index (κ3) is 6.42. The highest BCUT2D eigenvalue weighted by Gasteiger charge is 2.13. The van der Waals surface area contributed by atoms with Crippen LogP contribution in [0.2, 0.25) is 0 Å². The summed E-state index contributed by atoms with van der Waals surface area (Å²) in [5.41, 5.74) is 2.71. The molecule has 2 amide bonds. The van der Waals surface area contributed by atoms with Gasteiger partial charge in [-0.05, 0) is 24.6 Å². The zero-order chi connectivity index (χ0) is 19.6. The molecule has 0 bridgehead atoms. The Balaban J connectivity index is 1.88. The molecule has 0 saturated carbocycles. The highest BCUT2D eigenvalue weighted by molar-refractivity contribution is 5.98. The second-order valence-electron chi connectivity index (χ2n) is 6.54. The van der Waals surface area contributed by atoms with Gasteiger partial charge in [0.1, 0.15) is 12.3 Å². The van der Waals surface area contributed by atoms with E-state index in [0.717, 1.165) is 12.1 Å². The lowest BCUT2D eigenvalue weighted by molar-refractivity contribution is -0.872. The molecule has 0 aliphatic rings. The van der Waals surface area contributed by atoms with Crippen LogP contribution in [-0.4, -0.2) is 39.1 Å². The summed E-state index contributed by atoms with van der Waals surface area (Å²) in [7, 11) is 4.18. The fourth-order valence-electron chi connectivity index (χ4n) is 2.73. The van der Waals surface area contributed by atoms with Crippen LogP contribution in [0.25, 0.3) is 0 Å². The van der Waals surface area contributed by atoms with Crippen LogP contribution in [0.5, 0.6) is 5.75 Å². The van der Waals surface area contributed by atoms with Gasteiger partial charge in [-0.2, -0.15) is 0 Å². The molecule has 0 saturated heterocycles. The maximum absolute atomic E-state index is 12.3. The molecule has 0 aliphatic heterocycles. The molecule has 6 heteroatoms. The molecule has 0 atom stereocenters. The number of carbonyl (C=O) groups excluding carboxylic acids is 2. The second kappa shape index (κ2) is 10.3. The van der Waals surface area contributed by atoms with Crippen LogP contribution in [0, 0.1) is 0 Å². The van der Waals surface area contributed by atoms with Crippen LogP contribution in [0.15, 0.2) is 48.5 Å². The number of nitrogens with one attached hydrogen (secondary N) is 3. The van der Waals surface area contributed by atoms with Crippen molar-refractivity contribution in [3.8, 4) is 5.75 Å². The third-order valence-corrected chi connectivity index (χ3v) is 3.98. The smallest absolute Gasteiger partial charge is 0.255 e. The van der Waals surface area contributed by atoms with Crippen LogP contribution in [0.3, 0.4) is 0 Å². The van der Waals surface area contributed by atoms with Crippen molar-refractivity contribution in [2.24, 2.45) is 0 Å². The van der Waals surface area contributed by atoms with Gasteiger partial charge in [0.15, 0.2) is 0 Å². The van der Waals surface area contributed by atoms with Crippen molar-refractivity contribution < 1.29 is 19.2 Å². The van der Waals surface area contributed by atoms with Crippen LogP contribution in [0.1, 0.15) is 28.4 Å². The average Bonchev–Trinajstić information content (AvgIpc) is 2.65. The molecular formula is C21H28N3O3+. The summed E-state index contributed by atoms with van der Waals surface area (Å²) in [6.07, 6.45) is 0. The molecule has 0 radical (unpaired) electrons. The molecule has 0 unspecified atom stereocenters. The Kier molecular flexibility index (Phi) is 7.82. The Labute approximate surface area is 160 Å². The Bertz CT molecular complexity index is 775. The van der Waals surface area contributed by atoms with Crippen molar-refractivity contribution in [3.05, 3.63) is 65.2 Å². The summed E-state index contributed by atoms with van der Waals surface area (Å²) in [6.45, 7) is 3.57. The summed E-state index contributed by atoms with van der Waals surface area (Å²) in [5.74, 6) is -0.0481. The SMILES string of the molecule is CCOc1ccccc1C(=O)NCC(=O)NCc1ccccc1C[NH+](C)C. The molecule has 0 spiro atoms. The minimum absolute atomic E-state index is 0.0829. The number of hydrogen-bond acceptors (Lipinski definition) is 3. The van der Waals surface area contributed by atoms with Crippen molar-refractivity contribution in [1.29, 1.82) is 0 Å². The van der Waals surface area contributed by atoms with E-state index in [1.807, 2.05) is 25.1 Å². The Morgan fingerprint density at radius 1 is 0.963 bits per heavy atom. The summed E-state index contributed by atoms with van der Waals surface area (Å²) in [5, 5.41) is 5.51. The number of ether oxygens (including phenoxy) is 1. The minimum atomic E-state index is -0.328. The van der Waals surface area contributed by atoms with Crippen LogP contribution in [0.4, 0.5) is 0 Å². The fraction of sp³-hybridized carbons (Fsp3) is 0.333. The predicted molar refractivity (Wildman–Crippen MR) is 105 cm³/mol. The van der Waals surface area contributed by atoms with Gasteiger partial charge in [0.25, 0.3) is 5.91 Å². The first-order valence-corrected chi connectivity index (χ1v) is 9.13. The largest absolute Gasteiger partial charge is 0.493 e. The highest BCUT2D eigenvalue weighted by atomic mass is 16.5. The quantitative estimate of drug-likeness (QED) is 0.611. The molecule has 27 heavy (non-hydrogen) atoms. The van der Waals surface area contributed by atoms with E-state index in [0.29, 0.717) is 24.5 Å². The van der Waals surface area contributed by atoms with E-state index in [1.165, 1.54) is 10.5 Å². The van der Waals surface area contributed by atoms with Crippen LogP contribution in [-0.2, 0) is 17.9 Å². The molecule has 0 fully saturated rings. The van der Waals surface area contributed by atoms with Crippen molar-refractivity contribution in [3.63, 3.8) is 0 Å². The van der Waals surface area contributed by atoms with Crippen LogP contribution >= 0.6 is 0 Å². The Morgan fingerprint density at radius 2 is 1.63 bits per heavy atom. The van der Waals surface area contributed by atoms with E-state index in [2.05, 4.69) is 30.8 Å². The number of benzene rings is 2. The van der Waals surface area contributed by atoms with E-state index in [9.17, 15) is 9.59 Å². The molecule has 144 valence electrons. The number of quaternary nitrogens is 1. The van der Waals surface area contributed by atoms with Gasteiger partial charge in [-0.1, -0.05) is 36.4 Å². The molecule has 0 aromatic heterocycles. The van der Waals surface area contributed by atoms with E-state index in [4.69, 9.17) is 4.74 Å². The Hall–Kier alpha value is -2.86. The van der Waals surface area contributed by atoms with E-state index in [-0.39, 0.29) is 18.4 Å². The van der Waals surface area contributed by atoms with E-state index in [1.54, 1.807) is 24.3 Å². The van der Waals surface area contributed by atoms with Gasteiger partial charge in [-0.3, -0.25) is 9.59 Å². The minimum Gasteiger partial charge on any atom is -0.493 e. The number of amides is 2. The van der Waals surface area contributed by atoms with Gasteiger partial charge in [0.05, 0.1) is 32.8 Å². The molecule has 2 aromatic rings. The maximum atomic E-state index is 12.3. The third-order valence-electron chi connectivity index (χ3n) is 3.98. The molecule has 0 aliphatic carbocycles. The zero-order valence-electron chi connectivity index (χ0n) is 16.2. The fourth-order valence-corrected chi connectivity index (χ4v) is 2.73. The average molecular weight is 370 g/mol. The van der Waals surface area contributed by atoms with Gasteiger partial charge in [0.2, 0.25) is 5.91 Å². The number of para-hydroxylation sites is 1. The molecule has 2 aromatic carbocycles. The highest BCUT2D eigenvalue weighted by Crippen LogP contribution is 2.17. The molecule has 6 nitrogen and oxygen atoms in total. The maximum Gasteiger partial charge on any atom is 0.255 e. The topological polar surface area (TPSA) is 71.9 Å². The van der Waals surface area contributed by atoms with Crippen molar-refractivity contribution in [2.75, 3.05) is 27.2 Å². The van der Waals surface area contributed by atoms with Gasteiger partial charge >= 0.3 is 0 Å². The van der Waals surface area contributed by atoms with Gasteiger partial charge in [0, 0.05) is 12.1 Å². The molecule has 0 heterocycles. The van der Waals surface area contributed by atoms with Crippen molar-refractivity contribution >= 4 is 11.8 Å². The van der Waals surface area contributed by atoms with Crippen molar-refractivity contribution in [1.82, 2.24) is 10.6 Å². The van der Waals surface area contributed by atoms with E-state index >= 15 is 0 Å². The van der Waals surface area contributed by atoms with Crippen molar-refractivity contribution in [2.45, 2.75) is 20.0 Å². The summed E-state index contributed by atoms with van der Waals surface area (Å²) >= 11 is 0. The number of hydrogen-bond donors (Lipinski definition) is 3. The lowest BCUT2D eigenvalue weighted by Crippen LogP contribution is -3.04. The summed E-state index contributed by atoms with van der Waals surface area (Å²) in [4.78, 5) is 25.8. The van der Waals surface area contributed by atoms with Gasteiger partial charge < -0.3 is 20.3 Å². The summed E-state index contributed by atoms with van der Waals surface area (Å²) < 4.78 is 5.45. The Morgan fingerprint density at radius 3 is 2.33 bits per heavy atom. The second-order valence-corrected chi connectivity index (χ2v) is 6.54. The first kappa shape index (κ1) is 20.5. The van der Waals surface area contributed by atoms with Gasteiger partial charge in [-0.25, -0.2) is 0 Å². The zero-order valence-corrected chi connectivity index (χ0v) is 16.2. The van der Waals surface area contributed by atoms with Gasteiger partial charge in [-0.15, -0.1) is 0 Å². The standard InChI is InChI=1S/C21H27N3O3/c1-4-27-19-12-8-7-11-18(19)21(26)23-14-20(25)22-13-16-9-5-6-10-17(16)15-24(2)3/h5-12H,4,13-15H2,1-3H3,(H,22,25)(H,23,26)/p+1. The van der Waals surface area contributed by atoms with E-state index < -0.39 is 0 Å². The molecular weight excluding hydrogens is 342 g/mol. The first-order valence-electron chi connectivity index (χ1n) is 9.13. The monoisotopic (exact) mass is 370 g/mol. The normalized spacial score (nSPS) is 10.5. The lowest BCUT2D eigenvalue weighted by Gasteiger charge is -2.13. The lowest BCUT2D eigenvalue weighted by atomic mass is 10.1. The summed E-state index contributed by atoms with van der Waals surface area (Å²) in [6, 6.07) is 15.0. The first-order chi connectivity index (χ1) is 13.0. The molecule has 3 N–H and O–H groups in total. The number of rotatable bonds is 9. The molecule has 2 rings (SSSR count). The van der Waals surface area contributed by atoms with Crippen LogP contribution < -0.4 is 20.3 Å².